The first-order valence-electron chi connectivity index (χ1n) is 7.86. The third-order valence-corrected chi connectivity index (χ3v) is 4.36. The highest BCUT2D eigenvalue weighted by Gasteiger charge is 2.10. The summed E-state index contributed by atoms with van der Waals surface area (Å²) in [4.78, 5) is 24.3. The highest BCUT2D eigenvalue weighted by molar-refractivity contribution is 9.10. The molecule has 0 saturated heterocycles. The summed E-state index contributed by atoms with van der Waals surface area (Å²) in [7, 11) is 0. The lowest BCUT2D eigenvalue weighted by molar-refractivity contribution is 0.0904. The molecule has 3 rings (SSSR count). The van der Waals surface area contributed by atoms with Gasteiger partial charge in [-0.25, -0.2) is 0 Å². The summed E-state index contributed by atoms with van der Waals surface area (Å²) in [5.74, 6) is -0.383. The Balaban J connectivity index is 1.61. The van der Waals surface area contributed by atoms with Crippen molar-refractivity contribution in [2.24, 2.45) is 0 Å². The second-order valence-electron chi connectivity index (χ2n) is 5.56. The van der Waals surface area contributed by atoms with Crippen LogP contribution >= 0.6 is 15.9 Å². The number of carbonyl (C=O) groups is 2. The topological polar surface area (TPSA) is 46.2 Å². The molecule has 1 N–H and O–H groups in total. The largest absolute Gasteiger partial charge is 0.345 e. The number of amides is 1. The van der Waals surface area contributed by atoms with Gasteiger partial charge in [0.15, 0.2) is 5.78 Å². The van der Waals surface area contributed by atoms with Crippen LogP contribution in [0.25, 0.3) is 11.1 Å². The van der Waals surface area contributed by atoms with Crippen LogP contribution in [-0.4, -0.2) is 18.2 Å². The molecule has 0 heterocycles. The molecule has 0 aliphatic heterocycles. The third kappa shape index (κ3) is 4.43. The van der Waals surface area contributed by atoms with E-state index in [4.69, 9.17) is 0 Å². The van der Waals surface area contributed by atoms with E-state index in [2.05, 4.69) is 21.2 Å². The van der Waals surface area contributed by atoms with Crippen LogP contribution in [0.15, 0.2) is 83.3 Å². The van der Waals surface area contributed by atoms with E-state index in [1.54, 1.807) is 36.4 Å². The van der Waals surface area contributed by atoms with Crippen molar-refractivity contribution in [2.75, 3.05) is 6.54 Å². The second-order valence-corrected chi connectivity index (χ2v) is 6.47. The number of ketones is 1. The number of benzene rings is 3. The van der Waals surface area contributed by atoms with Crippen LogP contribution in [0.1, 0.15) is 20.7 Å². The first-order valence-corrected chi connectivity index (χ1v) is 8.65. The molecule has 3 aromatic carbocycles. The zero-order chi connectivity index (χ0) is 17.6. The first-order chi connectivity index (χ1) is 12.1. The van der Waals surface area contributed by atoms with E-state index < -0.39 is 0 Å². The van der Waals surface area contributed by atoms with E-state index in [0.717, 1.165) is 15.6 Å². The maximum Gasteiger partial charge on any atom is 0.251 e. The Morgan fingerprint density at radius 3 is 1.92 bits per heavy atom. The average Bonchev–Trinajstić information content (AvgIpc) is 2.67. The van der Waals surface area contributed by atoms with Crippen molar-refractivity contribution in [1.82, 2.24) is 5.32 Å². The van der Waals surface area contributed by atoms with Crippen molar-refractivity contribution in [3.05, 3.63) is 94.5 Å². The van der Waals surface area contributed by atoms with Gasteiger partial charge in [-0.3, -0.25) is 9.59 Å². The standard InChI is InChI=1S/C21H16BrNO2/c22-19-12-10-17(11-13-19)20(24)14-23-21(25)18-8-6-16(7-9-18)15-4-2-1-3-5-15/h1-13H,14H2,(H,23,25). The molecule has 0 spiro atoms. The Morgan fingerprint density at radius 2 is 1.28 bits per heavy atom. The van der Waals surface area contributed by atoms with Gasteiger partial charge in [-0.1, -0.05) is 70.5 Å². The summed E-state index contributed by atoms with van der Waals surface area (Å²) in [6.45, 7) is -0.0269. The van der Waals surface area contributed by atoms with Crippen LogP contribution in [-0.2, 0) is 0 Å². The van der Waals surface area contributed by atoms with Gasteiger partial charge in [-0.15, -0.1) is 0 Å². The SMILES string of the molecule is O=C(CNC(=O)c1ccc(-c2ccccc2)cc1)c1ccc(Br)cc1. The summed E-state index contributed by atoms with van der Waals surface area (Å²) in [5.41, 5.74) is 3.24. The molecule has 3 aromatic rings. The molecule has 0 bridgehead atoms. The fourth-order valence-corrected chi connectivity index (χ4v) is 2.71. The Labute approximate surface area is 154 Å². The van der Waals surface area contributed by atoms with Crippen molar-refractivity contribution < 1.29 is 9.59 Å². The summed E-state index contributed by atoms with van der Waals surface area (Å²) in [6, 6.07) is 24.4. The van der Waals surface area contributed by atoms with Gasteiger partial charge in [0.05, 0.1) is 6.54 Å². The molecule has 0 saturated carbocycles. The molecule has 0 aliphatic carbocycles. The van der Waals surface area contributed by atoms with E-state index in [1.165, 1.54) is 0 Å². The van der Waals surface area contributed by atoms with Gasteiger partial charge in [-0.2, -0.15) is 0 Å². The van der Waals surface area contributed by atoms with E-state index in [0.29, 0.717) is 11.1 Å². The smallest absolute Gasteiger partial charge is 0.251 e. The number of Topliss-reactive ketones (excluding diaryl/α,β-unsaturated/α-hetero) is 1. The van der Waals surface area contributed by atoms with Gasteiger partial charge in [0.25, 0.3) is 5.91 Å². The highest BCUT2D eigenvalue weighted by Crippen LogP contribution is 2.19. The summed E-state index contributed by atoms with van der Waals surface area (Å²) < 4.78 is 0.909. The number of rotatable bonds is 5. The third-order valence-electron chi connectivity index (χ3n) is 3.83. The van der Waals surface area contributed by atoms with Gasteiger partial charge in [0, 0.05) is 15.6 Å². The Kier molecular flexibility index (Phi) is 5.41. The van der Waals surface area contributed by atoms with Crippen molar-refractivity contribution in [3.8, 4) is 11.1 Å². The molecule has 0 aliphatic rings. The predicted molar refractivity (Wildman–Crippen MR) is 103 cm³/mol. The zero-order valence-corrected chi connectivity index (χ0v) is 15.0. The highest BCUT2D eigenvalue weighted by atomic mass is 79.9. The predicted octanol–water partition coefficient (Wildman–Crippen LogP) is 4.73. The van der Waals surface area contributed by atoms with Crippen molar-refractivity contribution >= 4 is 27.6 Å². The quantitative estimate of drug-likeness (QED) is 0.636. The molecule has 25 heavy (non-hydrogen) atoms. The molecule has 124 valence electrons. The van der Waals surface area contributed by atoms with Crippen LogP contribution in [0.2, 0.25) is 0 Å². The number of carbonyl (C=O) groups excluding carboxylic acids is 2. The minimum absolute atomic E-state index is 0.0269. The first kappa shape index (κ1) is 17.1. The van der Waals surface area contributed by atoms with E-state index in [9.17, 15) is 9.59 Å². The number of hydrogen-bond acceptors (Lipinski definition) is 2. The summed E-state index contributed by atoms with van der Waals surface area (Å²) >= 11 is 3.33. The second kappa shape index (κ2) is 7.90. The molecule has 4 heteroatoms. The summed E-state index contributed by atoms with van der Waals surface area (Å²) in [5, 5.41) is 2.67. The lowest BCUT2D eigenvalue weighted by Gasteiger charge is -2.06. The molecular weight excluding hydrogens is 378 g/mol. The average molecular weight is 394 g/mol. The maximum absolute atomic E-state index is 12.2. The monoisotopic (exact) mass is 393 g/mol. The van der Waals surface area contributed by atoms with Gasteiger partial charge >= 0.3 is 0 Å². The van der Waals surface area contributed by atoms with E-state index in [1.807, 2.05) is 42.5 Å². The fourth-order valence-electron chi connectivity index (χ4n) is 2.45. The molecule has 0 unspecified atom stereocenters. The lowest BCUT2D eigenvalue weighted by Crippen LogP contribution is -2.29. The maximum atomic E-state index is 12.2. The van der Waals surface area contributed by atoms with E-state index >= 15 is 0 Å². The van der Waals surface area contributed by atoms with Crippen LogP contribution in [0.5, 0.6) is 0 Å². The van der Waals surface area contributed by atoms with E-state index in [-0.39, 0.29) is 18.2 Å². The van der Waals surface area contributed by atoms with Crippen molar-refractivity contribution in [1.29, 1.82) is 0 Å². The molecule has 0 atom stereocenters. The minimum Gasteiger partial charge on any atom is -0.345 e. The Morgan fingerprint density at radius 1 is 0.720 bits per heavy atom. The van der Waals surface area contributed by atoms with Crippen LogP contribution < -0.4 is 5.32 Å². The van der Waals surface area contributed by atoms with Gasteiger partial charge in [-0.05, 0) is 35.4 Å². The summed E-state index contributed by atoms with van der Waals surface area (Å²) in [6.07, 6.45) is 0. The molecular formula is C21H16BrNO2. The van der Waals surface area contributed by atoms with Crippen molar-refractivity contribution in [2.45, 2.75) is 0 Å². The van der Waals surface area contributed by atoms with Crippen LogP contribution in [0.4, 0.5) is 0 Å². The molecule has 0 radical (unpaired) electrons. The lowest BCUT2D eigenvalue weighted by atomic mass is 10.0. The van der Waals surface area contributed by atoms with Gasteiger partial charge < -0.3 is 5.32 Å². The van der Waals surface area contributed by atoms with Gasteiger partial charge in [0.2, 0.25) is 0 Å². The minimum atomic E-state index is -0.259. The Bertz CT molecular complexity index is 872. The molecule has 1 amide bonds. The molecule has 0 fully saturated rings. The number of hydrogen-bond donors (Lipinski definition) is 1. The number of halogens is 1. The Hall–Kier alpha value is -2.72. The van der Waals surface area contributed by atoms with Gasteiger partial charge in [0.1, 0.15) is 0 Å². The van der Waals surface area contributed by atoms with Crippen LogP contribution in [0, 0.1) is 0 Å². The zero-order valence-electron chi connectivity index (χ0n) is 13.4. The normalized spacial score (nSPS) is 10.3. The molecule has 0 aromatic heterocycles. The van der Waals surface area contributed by atoms with Crippen molar-refractivity contribution in [3.63, 3.8) is 0 Å². The van der Waals surface area contributed by atoms with Crippen LogP contribution in [0.3, 0.4) is 0 Å². The fraction of sp³-hybridized carbons (Fsp3) is 0.0476. The molecule has 3 nitrogen and oxygen atoms in total. The number of nitrogens with one attached hydrogen (secondary N) is 1.